The van der Waals surface area contributed by atoms with Crippen molar-refractivity contribution >= 4 is 28.8 Å². The van der Waals surface area contributed by atoms with Gasteiger partial charge in [-0.25, -0.2) is 0 Å². The number of aliphatic hydroxyl groups excluding tert-OH is 1. The van der Waals surface area contributed by atoms with Gasteiger partial charge in [-0.05, 0) is 30.5 Å². The second-order valence-electron chi connectivity index (χ2n) is 6.36. The van der Waals surface area contributed by atoms with Crippen LogP contribution in [0.3, 0.4) is 0 Å². The van der Waals surface area contributed by atoms with Crippen LogP contribution < -0.4 is 10.6 Å². The first-order chi connectivity index (χ1) is 12.2. The second-order valence-corrected chi connectivity index (χ2v) is 6.36. The predicted molar refractivity (Wildman–Crippen MR) is 96.7 cm³/mol. The first kappa shape index (κ1) is 17.2. The van der Waals surface area contributed by atoms with E-state index in [1.807, 2.05) is 30.5 Å². The molecule has 0 spiro atoms. The molecule has 0 bridgehead atoms. The Morgan fingerprint density at radius 1 is 1.28 bits per heavy atom. The average molecular weight is 341 g/mol. The molecule has 1 saturated carbocycles. The molecule has 1 aliphatic rings. The van der Waals surface area contributed by atoms with Crippen molar-refractivity contribution < 1.29 is 14.7 Å². The first-order valence-corrected chi connectivity index (χ1v) is 8.63. The third-order valence-electron chi connectivity index (χ3n) is 4.55. The molecule has 1 heterocycles. The molecular weight excluding hydrogens is 318 g/mol. The Labute approximate surface area is 146 Å². The highest BCUT2D eigenvalue weighted by atomic mass is 16.3. The summed E-state index contributed by atoms with van der Waals surface area (Å²) in [4.78, 5) is 27.4. The van der Waals surface area contributed by atoms with E-state index in [1.54, 1.807) is 6.08 Å². The summed E-state index contributed by atoms with van der Waals surface area (Å²) in [6.07, 6.45) is 9.02. The highest BCUT2D eigenvalue weighted by molar-refractivity contribution is 5.98. The molecule has 132 valence electrons. The van der Waals surface area contributed by atoms with Crippen LogP contribution in [0.4, 0.5) is 0 Å². The van der Waals surface area contributed by atoms with E-state index in [1.165, 1.54) is 6.08 Å². The van der Waals surface area contributed by atoms with Crippen LogP contribution in [0.1, 0.15) is 31.2 Å². The molecule has 2 amide bonds. The van der Waals surface area contributed by atoms with Crippen molar-refractivity contribution in [1.82, 2.24) is 15.6 Å². The normalized spacial score (nSPS) is 16.4. The number of aromatic nitrogens is 1. The lowest BCUT2D eigenvalue weighted by Crippen LogP contribution is -2.50. The fourth-order valence-corrected chi connectivity index (χ4v) is 3.18. The number of aromatic amines is 1. The molecule has 0 saturated heterocycles. The summed E-state index contributed by atoms with van der Waals surface area (Å²) >= 11 is 0. The van der Waals surface area contributed by atoms with Gasteiger partial charge >= 0.3 is 0 Å². The number of carbonyl (C=O) groups is 2. The zero-order valence-electron chi connectivity index (χ0n) is 14.0. The van der Waals surface area contributed by atoms with Crippen LogP contribution in [0.2, 0.25) is 0 Å². The van der Waals surface area contributed by atoms with Gasteiger partial charge in [0.25, 0.3) is 0 Å². The van der Waals surface area contributed by atoms with Gasteiger partial charge in [-0.3, -0.25) is 9.59 Å². The maximum absolute atomic E-state index is 12.2. The Morgan fingerprint density at radius 3 is 2.80 bits per heavy atom. The largest absolute Gasteiger partial charge is 0.394 e. The lowest BCUT2D eigenvalue weighted by atomic mass is 10.1. The topological polar surface area (TPSA) is 94.2 Å². The molecule has 1 aromatic heterocycles. The van der Waals surface area contributed by atoms with Crippen LogP contribution in [0.5, 0.6) is 0 Å². The number of H-pyrrole nitrogens is 1. The number of hydrogen-bond donors (Lipinski definition) is 4. The van der Waals surface area contributed by atoms with Crippen LogP contribution in [-0.2, 0) is 9.59 Å². The molecule has 1 fully saturated rings. The summed E-state index contributed by atoms with van der Waals surface area (Å²) in [7, 11) is 0. The first-order valence-electron chi connectivity index (χ1n) is 8.63. The van der Waals surface area contributed by atoms with E-state index in [0.29, 0.717) is 0 Å². The van der Waals surface area contributed by atoms with Crippen LogP contribution in [0.15, 0.2) is 36.5 Å². The number of rotatable bonds is 6. The summed E-state index contributed by atoms with van der Waals surface area (Å²) < 4.78 is 0. The lowest BCUT2D eigenvalue weighted by molar-refractivity contribution is -0.128. The van der Waals surface area contributed by atoms with Crippen LogP contribution in [0.25, 0.3) is 17.0 Å². The molecule has 1 aliphatic carbocycles. The van der Waals surface area contributed by atoms with Crippen LogP contribution in [0, 0.1) is 0 Å². The summed E-state index contributed by atoms with van der Waals surface area (Å²) in [5.41, 5.74) is 1.88. The minimum Gasteiger partial charge on any atom is -0.394 e. The van der Waals surface area contributed by atoms with E-state index in [0.717, 1.165) is 42.1 Å². The average Bonchev–Trinajstić information content (AvgIpc) is 3.27. The number of aliphatic hydroxyl groups is 1. The van der Waals surface area contributed by atoms with Crippen molar-refractivity contribution in [1.29, 1.82) is 0 Å². The van der Waals surface area contributed by atoms with Gasteiger partial charge in [-0.1, -0.05) is 31.0 Å². The molecule has 6 heteroatoms. The molecule has 25 heavy (non-hydrogen) atoms. The highest BCUT2D eigenvalue weighted by Crippen LogP contribution is 2.19. The Hall–Kier alpha value is -2.60. The fourth-order valence-electron chi connectivity index (χ4n) is 3.18. The van der Waals surface area contributed by atoms with Gasteiger partial charge in [0, 0.05) is 29.2 Å². The summed E-state index contributed by atoms with van der Waals surface area (Å²) in [5, 5.41) is 15.9. The third-order valence-corrected chi connectivity index (χ3v) is 4.55. The molecule has 0 aliphatic heterocycles. The smallest absolute Gasteiger partial charge is 0.245 e. The number of hydrogen-bond acceptors (Lipinski definition) is 3. The number of para-hydroxylation sites is 1. The van der Waals surface area contributed by atoms with E-state index < -0.39 is 18.6 Å². The lowest BCUT2D eigenvalue weighted by Gasteiger charge is -2.18. The Balaban J connectivity index is 1.59. The van der Waals surface area contributed by atoms with Gasteiger partial charge < -0.3 is 20.7 Å². The number of benzene rings is 1. The zero-order chi connectivity index (χ0) is 17.6. The van der Waals surface area contributed by atoms with Crippen molar-refractivity contribution in [2.45, 2.75) is 37.8 Å². The number of fused-ring (bicyclic) bond motifs is 1. The standard InChI is InChI=1S/C19H23N3O3/c23-12-17(19(25)21-14-5-1-2-6-14)22-18(24)10-9-13-11-20-16-8-4-3-7-15(13)16/h3-4,7-11,14,17,20,23H,1-2,5-6,12H2,(H,21,25)(H,22,24). The van der Waals surface area contributed by atoms with E-state index in [4.69, 9.17) is 0 Å². The van der Waals surface area contributed by atoms with Gasteiger partial charge in [-0.15, -0.1) is 0 Å². The van der Waals surface area contributed by atoms with Gasteiger partial charge in [0.1, 0.15) is 6.04 Å². The molecule has 1 unspecified atom stereocenters. The van der Waals surface area contributed by atoms with E-state index in [-0.39, 0.29) is 11.9 Å². The Kier molecular flexibility index (Phi) is 5.50. The molecule has 2 aromatic rings. The predicted octanol–water partition coefficient (Wildman–Crippen LogP) is 1.72. The minimum absolute atomic E-state index is 0.153. The molecule has 4 N–H and O–H groups in total. The van der Waals surface area contributed by atoms with Gasteiger partial charge in [-0.2, -0.15) is 0 Å². The second kappa shape index (κ2) is 7.98. The Morgan fingerprint density at radius 2 is 2.04 bits per heavy atom. The van der Waals surface area contributed by atoms with Crippen molar-refractivity contribution in [2.75, 3.05) is 6.61 Å². The minimum atomic E-state index is -0.930. The van der Waals surface area contributed by atoms with Crippen LogP contribution >= 0.6 is 0 Å². The Bertz CT molecular complexity index is 775. The number of nitrogens with one attached hydrogen (secondary N) is 3. The maximum atomic E-state index is 12.2. The van der Waals surface area contributed by atoms with Crippen molar-refractivity contribution in [2.24, 2.45) is 0 Å². The van der Waals surface area contributed by atoms with E-state index in [9.17, 15) is 14.7 Å². The van der Waals surface area contributed by atoms with Gasteiger partial charge in [0.05, 0.1) is 6.61 Å². The van der Waals surface area contributed by atoms with Crippen molar-refractivity contribution in [3.8, 4) is 0 Å². The zero-order valence-corrected chi connectivity index (χ0v) is 14.0. The fraction of sp³-hybridized carbons (Fsp3) is 0.368. The van der Waals surface area contributed by atoms with Gasteiger partial charge in [0.15, 0.2) is 0 Å². The van der Waals surface area contributed by atoms with Crippen LogP contribution in [-0.4, -0.2) is 40.6 Å². The highest BCUT2D eigenvalue weighted by Gasteiger charge is 2.23. The van der Waals surface area contributed by atoms with E-state index >= 15 is 0 Å². The summed E-state index contributed by atoms with van der Waals surface area (Å²) in [5.74, 6) is -0.742. The molecule has 0 radical (unpaired) electrons. The monoisotopic (exact) mass is 341 g/mol. The molecular formula is C19H23N3O3. The van der Waals surface area contributed by atoms with Gasteiger partial charge in [0.2, 0.25) is 11.8 Å². The SMILES string of the molecule is O=C(C=Cc1c[nH]c2ccccc12)NC(CO)C(=O)NC1CCCC1. The summed E-state index contributed by atoms with van der Waals surface area (Å²) in [6, 6.07) is 7.02. The van der Waals surface area contributed by atoms with Crippen molar-refractivity contribution in [3.05, 3.63) is 42.1 Å². The summed E-state index contributed by atoms with van der Waals surface area (Å²) in [6.45, 7) is -0.425. The molecule has 1 atom stereocenters. The third kappa shape index (κ3) is 4.28. The van der Waals surface area contributed by atoms with Crippen molar-refractivity contribution in [3.63, 3.8) is 0 Å². The van der Waals surface area contributed by atoms with E-state index in [2.05, 4.69) is 15.6 Å². The molecule has 3 rings (SSSR count). The molecule has 6 nitrogen and oxygen atoms in total. The quantitative estimate of drug-likeness (QED) is 0.603. The number of carbonyl (C=O) groups excluding carboxylic acids is 2. The number of amides is 2. The maximum Gasteiger partial charge on any atom is 0.245 e. The molecule has 1 aromatic carbocycles.